The Kier molecular flexibility index (Phi) is 3.80. The number of ether oxygens (including phenoxy) is 2. The topological polar surface area (TPSA) is 86.1 Å². The average Bonchev–Trinajstić information content (AvgIpc) is 3.27. The normalized spacial score (nSPS) is 18.0. The molecule has 120 valence electrons. The van der Waals surface area contributed by atoms with Crippen LogP contribution in [0.3, 0.4) is 0 Å². The Morgan fingerprint density at radius 1 is 1.30 bits per heavy atom. The third kappa shape index (κ3) is 2.97. The molecule has 7 nitrogen and oxygen atoms in total. The highest BCUT2D eigenvalue weighted by Crippen LogP contribution is 2.22. The molecule has 3 aromatic rings. The van der Waals surface area contributed by atoms with Crippen LogP contribution in [0, 0.1) is 6.92 Å². The number of fused-ring (bicyclic) bond motifs is 1. The second kappa shape index (κ2) is 6.10. The maximum atomic E-state index is 5.63. The SMILES string of the molecule is Cc1cccc2[nH]c(COCc3nc(C4CCOC4)no3)nc12. The van der Waals surface area contributed by atoms with Crippen molar-refractivity contribution in [1.82, 2.24) is 20.1 Å². The molecule has 1 fully saturated rings. The summed E-state index contributed by atoms with van der Waals surface area (Å²) < 4.78 is 16.2. The summed E-state index contributed by atoms with van der Waals surface area (Å²) in [6.45, 7) is 4.12. The standard InChI is InChI=1S/C16H18N4O3/c1-10-3-2-4-12-15(10)18-13(17-12)8-22-9-14-19-16(20-23-14)11-5-6-21-7-11/h2-4,11H,5-9H2,1H3,(H,17,18). The molecule has 0 bridgehead atoms. The zero-order valence-electron chi connectivity index (χ0n) is 12.9. The van der Waals surface area contributed by atoms with Gasteiger partial charge in [-0.05, 0) is 25.0 Å². The van der Waals surface area contributed by atoms with Crippen LogP contribution >= 0.6 is 0 Å². The van der Waals surface area contributed by atoms with E-state index >= 15 is 0 Å². The van der Waals surface area contributed by atoms with Gasteiger partial charge in [0.2, 0.25) is 0 Å². The van der Waals surface area contributed by atoms with E-state index in [1.54, 1.807) is 0 Å². The minimum Gasteiger partial charge on any atom is -0.381 e. The van der Waals surface area contributed by atoms with Crippen LogP contribution in [0.15, 0.2) is 22.7 Å². The van der Waals surface area contributed by atoms with E-state index in [0.717, 1.165) is 35.4 Å². The van der Waals surface area contributed by atoms with Crippen molar-refractivity contribution < 1.29 is 14.0 Å². The summed E-state index contributed by atoms with van der Waals surface area (Å²) in [5.41, 5.74) is 3.14. The molecule has 7 heteroatoms. The number of aromatic nitrogens is 4. The van der Waals surface area contributed by atoms with Gasteiger partial charge in [0.25, 0.3) is 5.89 Å². The summed E-state index contributed by atoms with van der Waals surface area (Å²) in [5, 5.41) is 4.00. The Balaban J connectivity index is 1.36. The van der Waals surface area contributed by atoms with Crippen molar-refractivity contribution in [3.05, 3.63) is 41.3 Å². The molecule has 1 aromatic carbocycles. The lowest BCUT2D eigenvalue weighted by molar-refractivity contribution is 0.0811. The number of rotatable bonds is 5. The third-order valence-electron chi connectivity index (χ3n) is 4.01. The lowest BCUT2D eigenvalue weighted by atomic mass is 10.1. The summed E-state index contributed by atoms with van der Waals surface area (Å²) in [4.78, 5) is 12.2. The highest BCUT2D eigenvalue weighted by molar-refractivity contribution is 5.78. The number of hydrogen-bond acceptors (Lipinski definition) is 6. The molecule has 0 amide bonds. The van der Waals surface area contributed by atoms with Crippen molar-refractivity contribution in [2.75, 3.05) is 13.2 Å². The van der Waals surface area contributed by atoms with Gasteiger partial charge in [0.1, 0.15) is 19.0 Å². The molecule has 1 saturated heterocycles. The van der Waals surface area contributed by atoms with Gasteiger partial charge in [-0.15, -0.1) is 0 Å². The predicted molar refractivity (Wildman–Crippen MR) is 81.8 cm³/mol. The quantitative estimate of drug-likeness (QED) is 0.778. The summed E-state index contributed by atoms with van der Waals surface area (Å²) >= 11 is 0. The molecule has 0 saturated carbocycles. The van der Waals surface area contributed by atoms with Crippen LogP contribution in [0.5, 0.6) is 0 Å². The molecule has 1 aliphatic heterocycles. The minimum absolute atomic E-state index is 0.242. The van der Waals surface area contributed by atoms with E-state index in [4.69, 9.17) is 14.0 Å². The van der Waals surface area contributed by atoms with Crippen LogP contribution in [0.25, 0.3) is 11.0 Å². The van der Waals surface area contributed by atoms with Gasteiger partial charge in [0.15, 0.2) is 5.82 Å². The van der Waals surface area contributed by atoms with Crippen LogP contribution in [0.1, 0.15) is 35.4 Å². The third-order valence-corrected chi connectivity index (χ3v) is 4.01. The smallest absolute Gasteiger partial charge is 0.252 e. The Morgan fingerprint density at radius 3 is 3.09 bits per heavy atom. The molecule has 2 aromatic heterocycles. The van der Waals surface area contributed by atoms with Gasteiger partial charge in [0.05, 0.1) is 17.6 Å². The van der Waals surface area contributed by atoms with Crippen LogP contribution in [-0.2, 0) is 22.7 Å². The predicted octanol–water partition coefficient (Wildman–Crippen LogP) is 2.48. The van der Waals surface area contributed by atoms with Crippen molar-refractivity contribution in [3.8, 4) is 0 Å². The van der Waals surface area contributed by atoms with Crippen LogP contribution in [0.4, 0.5) is 0 Å². The van der Waals surface area contributed by atoms with E-state index in [2.05, 4.69) is 20.1 Å². The second-order valence-corrected chi connectivity index (χ2v) is 5.75. The highest BCUT2D eigenvalue weighted by atomic mass is 16.5. The van der Waals surface area contributed by atoms with Gasteiger partial charge in [-0.25, -0.2) is 4.98 Å². The first-order valence-corrected chi connectivity index (χ1v) is 7.72. The minimum atomic E-state index is 0.242. The van der Waals surface area contributed by atoms with E-state index in [9.17, 15) is 0 Å². The first-order chi connectivity index (χ1) is 11.3. The van der Waals surface area contributed by atoms with Crippen LogP contribution in [-0.4, -0.2) is 33.3 Å². The number of hydrogen-bond donors (Lipinski definition) is 1. The van der Waals surface area contributed by atoms with Gasteiger partial charge in [0, 0.05) is 12.5 Å². The van der Waals surface area contributed by atoms with E-state index in [0.29, 0.717) is 24.9 Å². The van der Waals surface area contributed by atoms with Crippen molar-refractivity contribution in [3.63, 3.8) is 0 Å². The lowest BCUT2D eigenvalue weighted by Gasteiger charge is -1.98. The number of H-pyrrole nitrogens is 1. The fraction of sp³-hybridized carbons (Fsp3) is 0.438. The van der Waals surface area contributed by atoms with Crippen molar-refractivity contribution in [2.24, 2.45) is 0 Å². The number of imidazole rings is 1. The zero-order valence-corrected chi connectivity index (χ0v) is 12.9. The molecule has 1 unspecified atom stereocenters. The number of nitrogens with one attached hydrogen (secondary N) is 1. The summed E-state index contributed by atoms with van der Waals surface area (Å²) in [7, 11) is 0. The van der Waals surface area contributed by atoms with Crippen molar-refractivity contribution in [1.29, 1.82) is 0 Å². The Morgan fingerprint density at radius 2 is 2.26 bits per heavy atom. The molecule has 1 N–H and O–H groups in total. The molecule has 0 aliphatic carbocycles. The summed E-state index contributed by atoms with van der Waals surface area (Å²) in [6, 6.07) is 6.06. The van der Waals surface area contributed by atoms with Crippen LogP contribution < -0.4 is 0 Å². The molecule has 3 heterocycles. The number of para-hydroxylation sites is 1. The van der Waals surface area contributed by atoms with E-state index < -0.39 is 0 Å². The monoisotopic (exact) mass is 314 g/mol. The average molecular weight is 314 g/mol. The first-order valence-electron chi connectivity index (χ1n) is 7.72. The Hall–Kier alpha value is -2.25. The van der Waals surface area contributed by atoms with Gasteiger partial charge >= 0.3 is 0 Å². The number of aryl methyl sites for hydroxylation is 1. The van der Waals surface area contributed by atoms with Gasteiger partial charge < -0.3 is 19.0 Å². The lowest BCUT2D eigenvalue weighted by Crippen LogP contribution is -2.01. The highest BCUT2D eigenvalue weighted by Gasteiger charge is 2.23. The van der Waals surface area contributed by atoms with E-state index in [-0.39, 0.29) is 12.5 Å². The van der Waals surface area contributed by atoms with Crippen LogP contribution in [0.2, 0.25) is 0 Å². The number of benzene rings is 1. The fourth-order valence-corrected chi connectivity index (χ4v) is 2.76. The van der Waals surface area contributed by atoms with E-state index in [1.165, 1.54) is 0 Å². The molecule has 4 rings (SSSR count). The second-order valence-electron chi connectivity index (χ2n) is 5.75. The van der Waals surface area contributed by atoms with Crippen molar-refractivity contribution in [2.45, 2.75) is 32.5 Å². The van der Waals surface area contributed by atoms with Gasteiger partial charge in [-0.1, -0.05) is 17.3 Å². The van der Waals surface area contributed by atoms with Crippen molar-refractivity contribution >= 4 is 11.0 Å². The van der Waals surface area contributed by atoms with Gasteiger partial charge in [-0.2, -0.15) is 4.98 Å². The number of aromatic amines is 1. The molecule has 0 radical (unpaired) electrons. The summed E-state index contributed by atoms with van der Waals surface area (Å²) in [6.07, 6.45) is 0.943. The molecule has 23 heavy (non-hydrogen) atoms. The molecular weight excluding hydrogens is 296 g/mol. The maximum absolute atomic E-state index is 5.63. The molecule has 1 atom stereocenters. The summed E-state index contributed by atoms with van der Waals surface area (Å²) in [5.74, 6) is 2.23. The molecule has 1 aliphatic rings. The van der Waals surface area contributed by atoms with E-state index in [1.807, 2.05) is 25.1 Å². The first kappa shape index (κ1) is 14.3. The zero-order chi connectivity index (χ0) is 15.6. The molecular formula is C16H18N4O3. The Bertz CT molecular complexity index is 805. The number of nitrogens with zero attached hydrogens (tertiary/aromatic N) is 3. The molecule has 0 spiro atoms. The van der Waals surface area contributed by atoms with Gasteiger partial charge in [-0.3, -0.25) is 0 Å². The maximum Gasteiger partial charge on any atom is 0.252 e. The fourth-order valence-electron chi connectivity index (χ4n) is 2.76. The Labute approximate surface area is 133 Å². The largest absolute Gasteiger partial charge is 0.381 e.